The Balaban J connectivity index is 1.31. The Kier molecular flexibility index (Phi) is 6.16. The number of H-pyrrole nitrogens is 1. The summed E-state index contributed by atoms with van der Waals surface area (Å²) in [7, 11) is 0. The van der Waals surface area contributed by atoms with Crippen molar-refractivity contribution in [1.29, 1.82) is 0 Å². The van der Waals surface area contributed by atoms with Crippen LogP contribution in [-0.2, 0) is 4.84 Å². The molecule has 1 fully saturated rings. The summed E-state index contributed by atoms with van der Waals surface area (Å²) in [5.74, 6) is -0.364. The molecule has 4 aromatic heterocycles. The van der Waals surface area contributed by atoms with E-state index in [1.165, 1.54) is 6.42 Å². The van der Waals surface area contributed by atoms with Gasteiger partial charge in [-0.1, -0.05) is 18.6 Å². The maximum absolute atomic E-state index is 12.7. The van der Waals surface area contributed by atoms with Crippen molar-refractivity contribution < 1.29 is 9.63 Å². The number of rotatable bonds is 5. The average Bonchev–Trinajstić information content (AvgIpc) is 3.43. The Labute approximate surface area is 214 Å². The molecule has 0 spiro atoms. The van der Waals surface area contributed by atoms with Crippen molar-refractivity contribution in [2.45, 2.75) is 26.2 Å². The summed E-state index contributed by atoms with van der Waals surface area (Å²) in [4.78, 5) is 39.9. The van der Waals surface area contributed by atoms with E-state index in [9.17, 15) is 4.79 Å². The van der Waals surface area contributed by atoms with Gasteiger partial charge in [0.2, 0.25) is 0 Å². The smallest absolute Gasteiger partial charge is 0.357 e. The highest BCUT2D eigenvalue weighted by molar-refractivity contribution is 5.92. The summed E-state index contributed by atoms with van der Waals surface area (Å²) in [6, 6.07) is 17.5. The molecule has 5 heterocycles. The number of nitrogens with one attached hydrogen (secondary N) is 1. The first kappa shape index (κ1) is 23.0. The summed E-state index contributed by atoms with van der Waals surface area (Å²) in [6.45, 7) is 3.52. The maximum atomic E-state index is 12.7. The number of hydroxylamine groups is 2. The van der Waals surface area contributed by atoms with Gasteiger partial charge in [-0.25, -0.2) is 9.78 Å². The molecule has 1 aliphatic rings. The molecule has 0 saturated carbocycles. The van der Waals surface area contributed by atoms with Gasteiger partial charge in [0.05, 0.1) is 40.2 Å². The number of carbonyl (C=O) groups excluding carboxylic acids is 1. The van der Waals surface area contributed by atoms with Gasteiger partial charge in [-0.2, -0.15) is 0 Å². The third kappa shape index (κ3) is 4.83. The van der Waals surface area contributed by atoms with Crippen molar-refractivity contribution in [3.05, 3.63) is 84.6 Å². The molecular weight excluding hydrogens is 464 g/mol. The molecule has 0 radical (unpaired) electrons. The third-order valence-electron chi connectivity index (χ3n) is 6.56. The number of aromatic amines is 1. The fourth-order valence-electron chi connectivity index (χ4n) is 4.65. The van der Waals surface area contributed by atoms with E-state index in [2.05, 4.69) is 31.0 Å². The van der Waals surface area contributed by atoms with E-state index in [0.29, 0.717) is 11.3 Å². The predicted octanol–water partition coefficient (Wildman–Crippen LogP) is 5.62. The second kappa shape index (κ2) is 9.91. The zero-order valence-electron chi connectivity index (χ0n) is 20.5. The van der Waals surface area contributed by atoms with Crippen molar-refractivity contribution in [2.24, 2.45) is 0 Å². The van der Waals surface area contributed by atoms with Crippen LogP contribution in [0.25, 0.3) is 44.8 Å². The fraction of sp³-hybridized carbons (Fsp3) is 0.207. The number of piperidine rings is 1. The maximum Gasteiger partial charge on any atom is 0.357 e. The first-order valence-corrected chi connectivity index (χ1v) is 12.5. The van der Waals surface area contributed by atoms with Crippen molar-refractivity contribution in [3.8, 4) is 33.9 Å². The van der Waals surface area contributed by atoms with Crippen LogP contribution in [0.4, 0.5) is 0 Å². The summed E-state index contributed by atoms with van der Waals surface area (Å²) in [5, 5.41) is 2.70. The van der Waals surface area contributed by atoms with Gasteiger partial charge in [0.25, 0.3) is 0 Å². The lowest BCUT2D eigenvalue weighted by Gasteiger charge is -2.24. The molecule has 0 bridgehead atoms. The number of nitrogens with zero attached hydrogens (tertiary/aromatic N) is 5. The Bertz CT molecular complexity index is 1590. The molecule has 1 aliphatic heterocycles. The number of pyridine rings is 3. The molecule has 6 rings (SSSR count). The lowest BCUT2D eigenvalue weighted by molar-refractivity contribution is -0.119. The Morgan fingerprint density at radius 3 is 2.65 bits per heavy atom. The fourth-order valence-corrected chi connectivity index (χ4v) is 4.65. The summed E-state index contributed by atoms with van der Waals surface area (Å²) < 4.78 is 0. The van der Waals surface area contributed by atoms with E-state index in [1.807, 2.05) is 43.3 Å². The van der Waals surface area contributed by atoms with Crippen LogP contribution in [0, 0.1) is 6.92 Å². The highest BCUT2D eigenvalue weighted by Crippen LogP contribution is 2.31. The molecule has 8 heteroatoms. The lowest BCUT2D eigenvalue weighted by atomic mass is 10.0. The number of carbonyl (C=O) groups is 1. The molecule has 0 amide bonds. The number of hydrogen-bond donors (Lipinski definition) is 1. The number of fused-ring (bicyclic) bond motifs is 1. The number of aryl methyl sites for hydroxylation is 1. The van der Waals surface area contributed by atoms with Crippen LogP contribution in [0.5, 0.6) is 0 Å². The third-order valence-corrected chi connectivity index (χ3v) is 6.56. The molecule has 37 heavy (non-hydrogen) atoms. The minimum atomic E-state index is -0.364. The van der Waals surface area contributed by atoms with Crippen molar-refractivity contribution in [1.82, 2.24) is 30.0 Å². The van der Waals surface area contributed by atoms with Gasteiger partial charge in [0.15, 0.2) is 0 Å². The molecule has 5 aromatic rings. The van der Waals surface area contributed by atoms with Gasteiger partial charge in [0, 0.05) is 47.7 Å². The van der Waals surface area contributed by atoms with Gasteiger partial charge in [0.1, 0.15) is 0 Å². The van der Waals surface area contributed by atoms with E-state index in [4.69, 9.17) is 4.84 Å². The second-order valence-electron chi connectivity index (χ2n) is 9.22. The van der Waals surface area contributed by atoms with Gasteiger partial charge >= 0.3 is 5.97 Å². The summed E-state index contributed by atoms with van der Waals surface area (Å²) in [6.07, 6.45) is 8.36. The van der Waals surface area contributed by atoms with Crippen LogP contribution in [0.15, 0.2) is 73.3 Å². The molecule has 1 aromatic carbocycles. The average molecular weight is 491 g/mol. The minimum Gasteiger partial charge on any atom is -0.364 e. The van der Waals surface area contributed by atoms with Crippen LogP contribution in [0.3, 0.4) is 0 Å². The van der Waals surface area contributed by atoms with E-state index >= 15 is 0 Å². The van der Waals surface area contributed by atoms with Crippen LogP contribution >= 0.6 is 0 Å². The largest absolute Gasteiger partial charge is 0.364 e. The van der Waals surface area contributed by atoms with E-state index < -0.39 is 0 Å². The zero-order valence-corrected chi connectivity index (χ0v) is 20.5. The van der Waals surface area contributed by atoms with Crippen molar-refractivity contribution >= 4 is 16.9 Å². The SMILES string of the molecule is Cc1cccc(-c2[nH]cnc2-c2ccc3ncc(-c4cc(C(=O)ON5CCCCC5)ccn4)cc3c2)n1. The zero-order chi connectivity index (χ0) is 25.2. The van der Waals surface area contributed by atoms with Gasteiger partial charge < -0.3 is 9.82 Å². The minimum absolute atomic E-state index is 0.364. The van der Waals surface area contributed by atoms with E-state index in [0.717, 1.165) is 70.7 Å². The van der Waals surface area contributed by atoms with E-state index in [1.54, 1.807) is 35.9 Å². The molecular formula is C29H26N6O2. The monoisotopic (exact) mass is 490 g/mol. The lowest BCUT2D eigenvalue weighted by Crippen LogP contribution is -2.32. The van der Waals surface area contributed by atoms with Gasteiger partial charge in [-0.15, -0.1) is 5.06 Å². The first-order chi connectivity index (χ1) is 18.1. The van der Waals surface area contributed by atoms with Crippen LogP contribution < -0.4 is 0 Å². The summed E-state index contributed by atoms with van der Waals surface area (Å²) in [5.41, 5.74) is 7.25. The molecule has 0 atom stereocenters. The molecule has 1 saturated heterocycles. The van der Waals surface area contributed by atoms with Gasteiger partial charge in [-0.3, -0.25) is 15.0 Å². The summed E-state index contributed by atoms with van der Waals surface area (Å²) >= 11 is 0. The number of benzene rings is 1. The van der Waals surface area contributed by atoms with E-state index in [-0.39, 0.29) is 5.97 Å². The van der Waals surface area contributed by atoms with Crippen molar-refractivity contribution in [3.63, 3.8) is 0 Å². The normalized spacial score (nSPS) is 14.1. The molecule has 1 N–H and O–H groups in total. The number of aromatic nitrogens is 5. The number of imidazole rings is 1. The van der Waals surface area contributed by atoms with Crippen LogP contribution in [0.2, 0.25) is 0 Å². The quantitative estimate of drug-likeness (QED) is 0.342. The Morgan fingerprint density at radius 2 is 1.78 bits per heavy atom. The number of hydrogen-bond acceptors (Lipinski definition) is 7. The van der Waals surface area contributed by atoms with Crippen molar-refractivity contribution in [2.75, 3.05) is 13.1 Å². The predicted molar refractivity (Wildman–Crippen MR) is 141 cm³/mol. The molecule has 0 unspecified atom stereocenters. The molecule has 184 valence electrons. The highest BCUT2D eigenvalue weighted by atomic mass is 16.7. The van der Waals surface area contributed by atoms with Gasteiger partial charge in [-0.05, 0) is 62.2 Å². The standard InChI is InChI=1S/C29H26N6O2/c1-19-6-5-7-25(34-19)28-27(32-18-33-28)20-8-9-24-22(14-20)15-23(17-31-24)26-16-21(10-11-30-26)29(36)37-35-12-3-2-4-13-35/h5-11,14-18H,2-4,12-13H2,1H3,(H,32,33). The van der Waals surface area contributed by atoms with Crippen LogP contribution in [0.1, 0.15) is 35.3 Å². The van der Waals surface area contributed by atoms with Crippen LogP contribution in [-0.4, -0.2) is 49.0 Å². The Morgan fingerprint density at radius 1 is 0.919 bits per heavy atom. The molecule has 0 aliphatic carbocycles. The molecule has 8 nitrogen and oxygen atoms in total. The first-order valence-electron chi connectivity index (χ1n) is 12.5. The second-order valence-corrected chi connectivity index (χ2v) is 9.22. The highest BCUT2D eigenvalue weighted by Gasteiger charge is 2.18. The Hall–Kier alpha value is -4.43. The topological polar surface area (TPSA) is 96.9 Å².